The number of urea groups is 1. The lowest BCUT2D eigenvalue weighted by Gasteiger charge is -2.34. The van der Waals surface area contributed by atoms with Gasteiger partial charge in [-0.3, -0.25) is 0 Å². The van der Waals surface area contributed by atoms with Crippen LogP contribution >= 0.6 is 0 Å². The van der Waals surface area contributed by atoms with Gasteiger partial charge >= 0.3 is 12.1 Å². The second-order valence-electron chi connectivity index (χ2n) is 6.58. The van der Waals surface area contributed by atoms with Crippen molar-refractivity contribution < 1.29 is 19.1 Å². The quantitative estimate of drug-likeness (QED) is 0.817. The van der Waals surface area contributed by atoms with Crippen LogP contribution in [-0.4, -0.2) is 60.9 Å². The number of nitrogens with zero attached hydrogens (tertiary/aromatic N) is 2. The molecule has 0 bridgehead atoms. The van der Waals surface area contributed by atoms with E-state index in [9.17, 15) is 9.59 Å². The molecule has 1 atom stereocenters. The highest BCUT2D eigenvalue weighted by atomic mass is 16.6. The first-order valence-electron chi connectivity index (χ1n) is 9.15. The van der Waals surface area contributed by atoms with Crippen LogP contribution in [0, 0.1) is 0 Å². The minimum Gasteiger partial charge on any atom is -0.471 e. The number of hydrogen-bond donors (Lipinski definition) is 1. The lowest BCUT2D eigenvalue weighted by molar-refractivity contribution is 0.0820. The first-order chi connectivity index (χ1) is 12.4. The molecule has 0 aliphatic carbocycles. The van der Waals surface area contributed by atoms with Crippen LogP contribution < -0.4 is 10.1 Å². The predicted molar refractivity (Wildman–Crippen MR) is 99.3 cm³/mol. The van der Waals surface area contributed by atoms with Crippen molar-refractivity contribution in [1.29, 1.82) is 0 Å². The standard InChI is InChI=1S/C19H29N3O4/c1-5-25-19(24)22-12-10-21(11-13-22)18(23)20-15(4)26-17-9-7-6-8-16(17)14(2)3/h6-9,14-15H,5,10-13H2,1-4H3,(H,20,23). The first-order valence-corrected chi connectivity index (χ1v) is 9.15. The number of nitrogens with one attached hydrogen (secondary N) is 1. The highest BCUT2D eigenvalue weighted by molar-refractivity contribution is 5.75. The fourth-order valence-electron chi connectivity index (χ4n) is 2.86. The Bertz CT molecular complexity index is 613. The Hall–Kier alpha value is -2.44. The van der Waals surface area contributed by atoms with Gasteiger partial charge in [0.15, 0.2) is 6.23 Å². The van der Waals surface area contributed by atoms with Crippen LogP contribution in [0.3, 0.4) is 0 Å². The summed E-state index contributed by atoms with van der Waals surface area (Å²) in [5.74, 6) is 1.12. The number of ether oxygens (including phenoxy) is 2. The SMILES string of the molecule is CCOC(=O)N1CCN(C(=O)NC(C)Oc2ccccc2C(C)C)CC1. The fraction of sp³-hybridized carbons (Fsp3) is 0.579. The maximum Gasteiger partial charge on any atom is 0.409 e. The molecule has 0 spiro atoms. The van der Waals surface area contributed by atoms with E-state index in [2.05, 4.69) is 19.2 Å². The molecular formula is C19H29N3O4. The molecular weight excluding hydrogens is 334 g/mol. The molecule has 1 unspecified atom stereocenters. The van der Waals surface area contributed by atoms with E-state index in [4.69, 9.17) is 9.47 Å². The molecule has 3 amide bonds. The Balaban J connectivity index is 1.84. The van der Waals surface area contributed by atoms with Crippen molar-refractivity contribution in [2.24, 2.45) is 0 Å². The van der Waals surface area contributed by atoms with E-state index >= 15 is 0 Å². The molecule has 1 aliphatic rings. The zero-order valence-electron chi connectivity index (χ0n) is 16.0. The van der Waals surface area contributed by atoms with Crippen LogP contribution in [0.2, 0.25) is 0 Å². The number of carbonyl (C=O) groups is 2. The number of amides is 3. The normalized spacial score (nSPS) is 15.6. The molecule has 7 heteroatoms. The molecule has 2 rings (SSSR count). The Morgan fingerprint density at radius 2 is 1.69 bits per heavy atom. The highest BCUT2D eigenvalue weighted by Gasteiger charge is 2.25. The van der Waals surface area contributed by atoms with Crippen LogP contribution in [0.4, 0.5) is 9.59 Å². The van der Waals surface area contributed by atoms with Gasteiger partial charge in [-0.1, -0.05) is 32.0 Å². The summed E-state index contributed by atoms with van der Waals surface area (Å²) in [5.41, 5.74) is 1.11. The summed E-state index contributed by atoms with van der Waals surface area (Å²) < 4.78 is 10.9. The lowest BCUT2D eigenvalue weighted by atomic mass is 10.0. The van der Waals surface area contributed by atoms with Gasteiger partial charge in [-0.2, -0.15) is 0 Å². The second kappa shape index (κ2) is 9.31. The summed E-state index contributed by atoms with van der Waals surface area (Å²) in [4.78, 5) is 27.4. The van der Waals surface area contributed by atoms with Gasteiger partial charge in [-0.15, -0.1) is 0 Å². The van der Waals surface area contributed by atoms with Crippen molar-refractivity contribution >= 4 is 12.1 Å². The largest absolute Gasteiger partial charge is 0.471 e. The zero-order valence-corrected chi connectivity index (χ0v) is 16.0. The minimum absolute atomic E-state index is 0.192. The smallest absolute Gasteiger partial charge is 0.409 e. The molecule has 0 saturated carbocycles. The van der Waals surface area contributed by atoms with Gasteiger partial charge in [0.1, 0.15) is 5.75 Å². The van der Waals surface area contributed by atoms with E-state index < -0.39 is 6.23 Å². The summed E-state index contributed by atoms with van der Waals surface area (Å²) in [6, 6.07) is 7.65. The lowest BCUT2D eigenvalue weighted by Crippen LogP contribution is -2.55. The molecule has 26 heavy (non-hydrogen) atoms. The average molecular weight is 363 g/mol. The molecule has 144 valence electrons. The first kappa shape index (κ1) is 19.9. The fourth-order valence-corrected chi connectivity index (χ4v) is 2.86. The maximum atomic E-state index is 12.4. The predicted octanol–water partition coefficient (Wildman–Crippen LogP) is 3.02. The molecule has 1 aromatic rings. The van der Waals surface area contributed by atoms with Crippen LogP contribution in [0.5, 0.6) is 5.75 Å². The van der Waals surface area contributed by atoms with Gasteiger partial charge in [-0.05, 0) is 31.4 Å². The van der Waals surface area contributed by atoms with E-state index in [1.165, 1.54) is 0 Å². The topological polar surface area (TPSA) is 71.1 Å². The third-order valence-electron chi connectivity index (χ3n) is 4.26. The molecule has 1 heterocycles. The van der Waals surface area contributed by atoms with Crippen LogP contribution in [0.15, 0.2) is 24.3 Å². The molecule has 0 radical (unpaired) electrons. The summed E-state index contributed by atoms with van der Waals surface area (Å²) in [7, 11) is 0. The number of carbonyl (C=O) groups excluding carboxylic acids is 2. The van der Waals surface area contributed by atoms with Gasteiger partial charge in [0.2, 0.25) is 0 Å². The molecule has 0 aromatic heterocycles. The zero-order chi connectivity index (χ0) is 19.1. The Kier molecular flexibility index (Phi) is 7.12. The number of rotatable bonds is 5. The molecule has 1 fully saturated rings. The molecule has 1 saturated heterocycles. The van der Waals surface area contributed by atoms with Crippen molar-refractivity contribution in [2.45, 2.75) is 39.8 Å². The summed E-state index contributed by atoms with van der Waals surface area (Å²) in [6.45, 7) is 10.0. The van der Waals surface area contributed by atoms with Crippen molar-refractivity contribution in [3.05, 3.63) is 29.8 Å². The van der Waals surface area contributed by atoms with Gasteiger partial charge in [0, 0.05) is 26.2 Å². The molecule has 1 aromatic carbocycles. The van der Waals surface area contributed by atoms with Crippen molar-refractivity contribution in [3.8, 4) is 5.75 Å². The highest BCUT2D eigenvalue weighted by Crippen LogP contribution is 2.26. The average Bonchev–Trinajstić information content (AvgIpc) is 2.62. The van der Waals surface area contributed by atoms with E-state index in [0.29, 0.717) is 38.7 Å². The van der Waals surface area contributed by atoms with Crippen LogP contribution in [-0.2, 0) is 4.74 Å². The molecule has 1 aliphatic heterocycles. The number of benzene rings is 1. The monoisotopic (exact) mass is 363 g/mol. The van der Waals surface area contributed by atoms with Crippen molar-refractivity contribution in [3.63, 3.8) is 0 Å². The Morgan fingerprint density at radius 1 is 1.08 bits per heavy atom. The third kappa shape index (κ3) is 5.28. The molecule has 7 nitrogen and oxygen atoms in total. The Morgan fingerprint density at radius 3 is 2.31 bits per heavy atom. The van der Waals surface area contributed by atoms with Crippen molar-refractivity contribution in [1.82, 2.24) is 15.1 Å². The van der Waals surface area contributed by atoms with Gasteiger partial charge in [-0.25, -0.2) is 9.59 Å². The third-order valence-corrected chi connectivity index (χ3v) is 4.26. The van der Waals surface area contributed by atoms with E-state index in [0.717, 1.165) is 11.3 Å². The van der Waals surface area contributed by atoms with Crippen LogP contribution in [0.25, 0.3) is 0 Å². The summed E-state index contributed by atoms with van der Waals surface area (Å²) in [6.07, 6.45) is -0.778. The van der Waals surface area contributed by atoms with Gasteiger partial charge in [0.05, 0.1) is 6.61 Å². The Labute approximate surface area is 155 Å². The van der Waals surface area contributed by atoms with Gasteiger partial charge < -0.3 is 24.6 Å². The second-order valence-corrected chi connectivity index (χ2v) is 6.58. The number of hydrogen-bond acceptors (Lipinski definition) is 4. The maximum absolute atomic E-state index is 12.4. The van der Waals surface area contributed by atoms with E-state index in [1.807, 2.05) is 31.2 Å². The minimum atomic E-state index is -0.453. The molecule has 1 N–H and O–H groups in total. The summed E-state index contributed by atoms with van der Waals surface area (Å²) in [5, 5.41) is 2.86. The number of piperazine rings is 1. The van der Waals surface area contributed by atoms with E-state index in [-0.39, 0.29) is 12.1 Å². The number of para-hydroxylation sites is 1. The van der Waals surface area contributed by atoms with Crippen LogP contribution in [0.1, 0.15) is 39.2 Å². The summed E-state index contributed by atoms with van der Waals surface area (Å²) >= 11 is 0. The van der Waals surface area contributed by atoms with Crippen molar-refractivity contribution in [2.75, 3.05) is 32.8 Å². The van der Waals surface area contributed by atoms with Gasteiger partial charge in [0.25, 0.3) is 0 Å². The van der Waals surface area contributed by atoms with E-state index in [1.54, 1.807) is 16.7 Å².